The Labute approximate surface area is 506 Å². The van der Waals surface area contributed by atoms with Crippen molar-refractivity contribution < 1.29 is 42.1 Å². The van der Waals surface area contributed by atoms with Crippen LogP contribution in [0.3, 0.4) is 0 Å². The van der Waals surface area contributed by atoms with Crippen molar-refractivity contribution in [2.24, 2.45) is 0 Å². The summed E-state index contributed by atoms with van der Waals surface area (Å²) in [6.45, 7) is 4.29. The van der Waals surface area contributed by atoms with Gasteiger partial charge in [0.2, 0.25) is 0 Å². The number of ether oxygens (including phenoxy) is 2. The molecule has 0 aliphatic rings. The monoisotopic (exact) mass is 1170 g/mol. The molecular formula is C72H129NO8P+. The second-order valence-corrected chi connectivity index (χ2v) is 25.3. The van der Waals surface area contributed by atoms with Crippen LogP contribution in [0.2, 0.25) is 0 Å². The first-order chi connectivity index (χ1) is 40.0. The van der Waals surface area contributed by atoms with Crippen molar-refractivity contribution in [2.75, 3.05) is 47.5 Å². The number of nitrogens with zero attached hydrogens (tertiary/aromatic N) is 1. The number of carbonyl (C=O) groups is 2. The van der Waals surface area contributed by atoms with Gasteiger partial charge in [-0.2, -0.15) is 0 Å². The van der Waals surface area contributed by atoms with Gasteiger partial charge in [-0.1, -0.05) is 284 Å². The molecule has 0 rings (SSSR count). The number of allylic oxidation sites excluding steroid dienone is 16. The van der Waals surface area contributed by atoms with E-state index in [1.165, 1.54) is 180 Å². The average molecular weight is 1170 g/mol. The first-order valence-electron chi connectivity index (χ1n) is 34.0. The zero-order valence-electron chi connectivity index (χ0n) is 54.0. The molecule has 0 fully saturated rings. The molecule has 2 atom stereocenters. The van der Waals surface area contributed by atoms with Crippen LogP contribution < -0.4 is 0 Å². The molecule has 9 nitrogen and oxygen atoms in total. The molecular weight excluding hydrogens is 1040 g/mol. The van der Waals surface area contributed by atoms with Gasteiger partial charge in [0.15, 0.2) is 6.10 Å². The molecule has 0 aromatic heterocycles. The number of rotatable bonds is 62. The summed E-state index contributed by atoms with van der Waals surface area (Å²) in [6.07, 6.45) is 86.7. The number of hydrogen-bond donors (Lipinski definition) is 1. The minimum absolute atomic E-state index is 0.0220. The summed E-state index contributed by atoms with van der Waals surface area (Å²) in [4.78, 5) is 35.8. The molecule has 474 valence electrons. The summed E-state index contributed by atoms with van der Waals surface area (Å²) < 4.78 is 34.6. The zero-order valence-corrected chi connectivity index (χ0v) is 54.8. The fourth-order valence-electron chi connectivity index (χ4n) is 9.40. The molecule has 0 aromatic carbocycles. The quantitative estimate of drug-likeness (QED) is 0.0211. The SMILES string of the molecule is CC/C=C\C/C=C\C/C=C\C/C=C\C/C=C\CCCCCC(=O)OC(COC(=O)CCCCCCCCCCCCCCCCCCCCCCCCCC/C=C\C/C=C\C/C=C\CCCCCCC)COP(=O)(O)OCC[N+](C)(C)C. The second-order valence-electron chi connectivity index (χ2n) is 23.8. The predicted molar refractivity (Wildman–Crippen MR) is 353 cm³/mol. The molecule has 0 aromatic rings. The number of esters is 2. The lowest BCUT2D eigenvalue weighted by atomic mass is 10.0. The van der Waals surface area contributed by atoms with Crippen LogP contribution in [0.5, 0.6) is 0 Å². The van der Waals surface area contributed by atoms with Gasteiger partial charge in [-0.05, 0) is 96.3 Å². The van der Waals surface area contributed by atoms with E-state index in [4.69, 9.17) is 18.5 Å². The number of carbonyl (C=O) groups excluding carboxylic acids is 2. The molecule has 2 unspecified atom stereocenters. The zero-order chi connectivity index (χ0) is 59.8. The maximum atomic E-state index is 12.8. The highest BCUT2D eigenvalue weighted by Crippen LogP contribution is 2.43. The molecule has 0 spiro atoms. The Hall–Kier alpha value is -3.07. The molecule has 0 radical (unpaired) electrons. The van der Waals surface area contributed by atoms with Gasteiger partial charge in [-0.3, -0.25) is 18.6 Å². The van der Waals surface area contributed by atoms with Crippen LogP contribution in [-0.2, 0) is 32.7 Å². The van der Waals surface area contributed by atoms with Gasteiger partial charge in [0.1, 0.15) is 19.8 Å². The van der Waals surface area contributed by atoms with Gasteiger partial charge >= 0.3 is 19.8 Å². The highest BCUT2D eigenvalue weighted by Gasteiger charge is 2.27. The van der Waals surface area contributed by atoms with Crippen molar-refractivity contribution in [3.8, 4) is 0 Å². The van der Waals surface area contributed by atoms with E-state index in [1.54, 1.807) is 0 Å². The van der Waals surface area contributed by atoms with Crippen LogP contribution in [0, 0.1) is 0 Å². The van der Waals surface area contributed by atoms with Crippen molar-refractivity contribution in [3.63, 3.8) is 0 Å². The maximum Gasteiger partial charge on any atom is 0.472 e. The smallest absolute Gasteiger partial charge is 0.462 e. The lowest BCUT2D eigenvalue weighted by Gasteiger charge is -2.24. The molecule has 0 saturated carbocycles. The van der Waals surface area contributed by atoms with E-state index in [1.807, 2.05) is 21.1 Å². The van der Waals surface area contributed by atoms with Gasteiger partial charge in [0.05, 0.1) is 27.7 Å². The normalized spacial score (nSPS) is 13.8. The van der Waals surface area contributed by atoms with E-state index in [2.05, 4.69) is 111 Å². The Morgan fingerprint density at radius 3 is 1.05 bits per heavy atom. The van der Waals surface area contributed by atoms with Crippen molar-refractivity contribution in [1.29, 1.82) is 0 Å². The summed E-state index contributed by atoms with van der Waals surface area (Å²) in [5.74, 6) is -0.830. The number of likely N-dealkylation sites (N-methyl/N-ethyl adjacent to an activating group) is 1. The first-order valence-corrected chi connectivity index (χ1v) is 35.5. The van der Waals surface area contributed by atoms with Gasteiger partial charge < -0.3 is 18.9 Å². The van der Waals surface area contributed by atoms with Gasteiger partial charge in [0, 0.05) is 12.8 Å². The van der Waals surface area contributed by atoms with Crippen LogP contribution in [-0.4, -0.2) is 74.9 Å². The molecule has 82 heavy (non-hydrogen) atoms. The molecule has 10 heteroatoms. The molecule has 0 aliphatic carbocycles. The third-order valence-corrected chi connectivity index (χ3v) is 15.6. The number of phosphoric ester groups is 1. The van der Waals surface area contributed by atoms with Crippen molar-refractivity contribution in [3.05, 3.63) is 97.2 Å². The standard InChI is InChI=1S/C72H128NO8P/c1-6-8-10-12-14-16-18-20-22-24-26-27-28-29-30-31-32-33-34-35-36-37-38-39-40-41-42-43-44-45-47-48-50-52-54-56-58-60-62-64-71(74)78-68-70(69-80-82(76,77)79-67-66-73(3,4)5)81-72(75)65-63-61-59-57-55-53-51-49-46-25-23-21-19-17-15-13-11-9-7-2/h9,11,15,17-18,20-21,23-24,26,28-29,46,49,53,55,70H,6-8,10,12-14,16,19,22,25,27,30-45,47-48,50-52,54,56-69H2,1-5H3/p+1/b11-9-,17-15-,20-18-,23-21-,26-24-,29-28-,49-46-,55-53-. The highest BCUT2D eigenvalue weighted by atomic mass is 31.2. The molecule has 0 aliphatic heterocycles. The summed E-state index contributed by atoms with van der Waals surface area (Å²) in [5, 5.41) is 0. The first kappa shape index (κ1) is 78.9. The lowest BCUT2D eigenvalue weighted by Crippen LogP contribution is -2.37. The minimum Gasteiger partial charge on any atom is -0.462 e. The minimum atomic E-state index is -4.40. The maximum absolute atomic E-state index is 12.8. The Balaban J connectivity index is 3.96. The van der Waals surface area contributed by atoms with Crippen LogP contribution in [0.1, 0.15) is 296 Å². The number of phosphoric acid groups is 1. The predicted octanol–water partition coefficient (Wildman–Crippen LogP) is 21.9. The summed E-state index contributed by atoms with van der Waals surface area (Å²) in [6, 6.07) is 0. The third-order valence-electron chi connectivity index (χ3n) is 14.6. The Morgan fingerprint density at radius 2 is 0.695 bits per heavy atom. The molecule has 0 amide bonds. The Bertz CT molecular complexity index is 1710. The molecule has 1 N–H and O–H groups in total. The largest absolute Gasteiger partial charge is 0.472 e. The fraction of sp³-hybridized carbons (Fsp3) is 0.750. The number of quaternary nitrogens is 1. The van der Waals surface area contributed by atoms with E-state index in [0.29, 0.717) is 17.4 Å². The summed E-state index contributed by atoms with van der Waals surface area (Å²) in [7, 11) is 1.45. The van der Waals surface area contributed by atoms with Gasteiger partial charge in [-0.15, -0.1) is 0 Å². The van der Waals surface area contributed by atoms with Crippen LogP contribution in [0.25, 0.3) is 0 Å². The summed E-state index contributed by atoms with van der Waals surface area (Å²) >= 11 is 0. The Morgan fingerprint density at radius 1 is 0.390 bits per heavy atom. The highest BCUT2D eigenvalue weighted by molar-refractivity contribution is 7.47. The van der Waals surface area contributed by atoms with Gasteiger partial charge in [0.25, 0.3) is 0 Å². The lowest BCUT2D eigenvalue weighted by molar-refractivity contribution is -0.870. The fourth-order valence-corrected chi connectivity index (χ4v) is 10.1. The van der Waals surface area contributed by atoms with E-state index in [-0.39, 0.29) is 32.0 Å². The topological polar surface area (TPSA) is 108 Å². The van der Waals surface area contributed by atoms with Crippen molar-refractivity contribution >= 4 is 19.8 Å². The van der Waals surface area contributed by atoms with E-state index in [9.17, 15) is 19.0 Å². The molecule has 0 saturated heterocycles. The van der Waals surface area contributed by atoms with E-state index >= 15 is 0 Å². The Kier molecular flexibility index (Phi) is 60.1. The third kappa shape index (κ3) is 66.1. The number of hydrogen-bond acceptors (Lipinski definition) is 7. The van der Waals surface area contributed by atoms with Crippen LogP contribution in [0.15, 0.2) is 97.2 Å². The molecule has 0 heterocycles. The summed E-state index contributed by atoms with van der Waals surface area (Å²) in [5.41, 5.74) is 0. The van der Waals surface area contributed by atoms with Gasteiger partial charge in [-0.25, -0.2) is 4.57 Å². The van der Waals surface area contributed by atoms with E-state index < -0.39 is 26.5 Å². The second kappa shape index (κ2) is 62.5. The van der Waals surface area contributed by atoms with Crippen LogP contribution >= 0.6 is 7.82 Å². The van der Waals surface area contributed by atoms with Crippen LogP contribution in [0.4, 0.5) is 0 Å². The van der Waals surface area contributed by atoms with Crippen molar-refractivity contribution in [1.82, 2.24) is 0 Å². The molecule has 0 bridgehead atoms. The van der Waals surface area contributed by atoms with Crippen molar-refractivity contribution in [2.45, 2.75) is 302 Å². The van der Waals surface area contributed by atoms with E-state index in [0.717, 1.165) is 83.5 Å². The average Bonchev–Trinajstić information content (AvgIpc) is 3.46. The number of unbranched alkanes of at least 4 members (excludes halogenated alkanes) is 32.